The van der Waals surface area contributed by atoms with E-state index in [0.717, 1.165) is 16.3 Å². The molecule has 0 saturated carbocycles. The molecule has 2 aromatic rings. The molecule has 4 nitrogen and oxygen atoms in total. The first kappa shape index (κ1) is 11.9. The van der Waals surface area contributed by atoms with Crippen LogP contribution in [0.4, 0.5) is 0 Å². The van der Waals surface area contributed by atoms with E-state index in [1.165, 1.54) is 6.08 Å². The molecule has 1 aliphatic rings. The standard InChI is InChI=1S/C14H10O4S/c15-11-3-1-8-5-9-2-4-12(14(16)17)19(18)13(9)7-10(8)6-11/h1-7,12,15H,(H,16,17). The minimum absolute atomic E-state index is 0.124. The van der Waals surface area contributed by atoms with E-state index in [4.69, 9.17) is 5.11 Å². The van der Waals surface area contributed by atoms with E-state index in [1.807, 2.05) is 6.07 Å². The number of phenolic OH excluding ortho intramolecular Hbond substituents is 1. The van der Waals surface area contributed by atoms with Crippen molar-refractivity contribution in [2.45, 2.75) is 10.1 Å². The van der Waals surface area contributed by atoms with E-state index in [1.54, 1.807) is 30.3 Å². The first-order chi connectivity index (χ1) is 9.06. The number of carboxylic acids is 1. The average molecular weight is 274 g/mol. The number of carboxylic acid groups (broad SMARTS) is 1. The highest BCUT2D eigenvalue weighted by Crippen LogP contribution is 2.30. The van der Waals surface area contributed by atoms with Gasteiger partial charge >= 0.3 is 5.97 Å². The van der Waals surface area contributed by atoms with Gasteiger partial charge in [0.25, 0.3) is 0 Å². The van der Waals surface area contributed by atoms with Crippen LogP contribution in [0.5, 0.6) is 5.75 Å². The molecule has 0 fully saturated rings. The number of rotatable bonds is 1. The summed E-state index contributed by atoms with van der Waals surface area (Å²) in [6.45, 7) is 0. The van der Waals surface area contributed by atoms with Gasteiger partial charge in [-0.15, -0.1) is 0 Å². The summed E-state index contributed by atoms with van der Waals surface area (Å²) in [5, 5.41) is 19.1. The maximum Gasteiger partial charge on any atom is 0.323 e. The van der Waals surface area contributed by atoms with Crippen LogP contribution < -0.4 is 0 Å². The van der Waals surface area contributed by atoms with Gasteiger partial charge in [-0.05, 0) is 40.6 Å². The van der Waals surface area contributed by atoms with Crippen molar-refractivity contribution in [3.8, 4) is 5.75 Å². The van der Waals surface area contributed by atoms with Crippen LogP contribution in [-0.4, -0.2) is 25.6 Å². The van der Waals surface area contributed by atoms with Crippen LogP contribution >= 0.6 is 0 Å². The summed E-state index contributed by atoms with van der Waals surface area (Å²) in [7, 11) is -1.61. The van der Waals surface area contributed by atoms with Crippen molar-refractivity contribution >= 4 is 33.6 Å². The number of hydrogen-bond donors (Lipinski definition) is 2. The number of fused-ring (bicyclic) bond motifs is 2. The fourth-order valence-corrected chi connectivity index (χ4v) is 3.44. The lowest BCUT2D eigenvalue weighted by Crippen LogP contribution is -2.25. The number of hydrogen-bond acceptors (Lipinski definition) is 3. The fraction of sp³-hybridized carbons (Fsp3) is 0.0714. The molecular weight excluding hydrogens is 264 g/mol. The highest BCUT2D eigenvalue weighted by molar-refractivity contribution is 7.86. The zero-order valence-corrected chi connectivity index (χ0v) is 10.6. The van der Waals surface area contributed by atoms with Crippen molar-refractivity contribution in [2.75, 3.05) is 0 Å². The van der Waals surface area contributed by atoms with Crippen LogP contribution in [0.1, 0.15) is 5.56 Å². The number of phenols is 1. The van der Waals surface area contributed by atoms with Gasteiger partial charge in [0.15, 0.2) is 5.25 Å². The zero-order chi connectivity index (χ0) is 13.6. The lowest BCUT2D eigenvalue weighted by Gasteiger charge is -2.16. The van der Waals surface area contributed by atoms with E-state index >= 15 is 0 Å². The Morgan fingerprint density at radius 2 is 1.95 bits per heavy atom. The molecule has 0 aromatic heterocycles. The first-order valence-corrected chi connectivity index (χ1v) is 6.86. The molecule has 2 N–H and O–H groups in total. The molecule has 0 bridgehead atoms. The van der Waals surface area contributed by atoms with E-state index in [9.17, 15) is 14.1 Å². The third kappa shape index (κ3) is 1.92. The van der Waals surface area contributed by atoms with E-state index in [2.05, 4.69) is 0 Å². The van der Waals surface area contributed by atoms with Gasteiger partial charge in [0.2, 0.25) is 0 Å². The van der Waals surface area contributed by atoms with Crippen molar-refractivity contribution in [1.29, 1.82) is 0 Å². The Morgan fingerprint density at radius 1 is 1.16 bits per heavy atom. The molecule has 1 aliphatic heterocycles. The highest BCUT2D eigenvalue weighted by atomic mass is 32.2. The van der Waals surface area contributed by atoms with Gasteiger partial charge < -0.3 is 10.2 Å². The summed E-state index contributed by atoms with van der Waals surface area (Å²) in [5.41, 5.74) is 0.758. The summed E-state index contributed by atoms with van der Waals surface area (Å²) in [6, 6.07) is 8.45. The lowest BCUT2D eigenvalue weighted by molar-refractivity contribution is -0.135. The van der Waals surface area contributed by atoms with E-state index in [0.29, 0.717) is 4.90 Å². The second-order valence-corrected chi connectivity index (χ2v) is 5.88. The number of benzene rings is 2. The molecule has 2 unspecified atom stereocenters. The quantitative estimate of drug-likeness (QED) is 0.835. The van der Waals surface area contributed by atoms with Gasteiger partial charge in [0, 0.05) is 4.90 Å². The Morgan fingerprint density at radius 3 is 2.68 bits per heavy atom. The number of aliphatic carboxylic acids is 1. The Hall–Kier alpha value is -2.14. The summed E-state index contributed by atoms with van der Waals surface area (Å²) in [5.74, 6) is -0.976. The summed E-state index contributed by atoms with van der Waals surface area (Å²) < 4.78 is 12.2. The maximum absolute atomic E-state index is 12.2. The van der Waals surface area contributed by atoms with Gasteiger partial charge in [-0.3, -0.25) is 9.00 Å². The first-order valence-electron chi connectivity index (χ1n) is 5.64. The van der Waals surface area contributed by atoms with Crippen LogP contribution in [0.2, 0.25) is 0 Å². The van der Waals surface area contributed by atoms with Crippen LogP contribution in [0.3, 0.4) is 0 Å². The van der Waals surface area contributed by atoms with Crippen LogP contribution in [0, 0.1) is 0 Å². The van der Waals surface area contributed by atoms with Crippen LogP contribution in [0.25, 0.3) is 16.8 Å². The minimum atomic E-state index is -1.61. The molecule has 2 atom stereocenters. The minimum Gasteiger partial charge on any atom is -0.508 e. The molecule has 0 saturated heterocycles. The predicted molar refractivity (Wildman–Crippen MR) is 72.5 cm³/mol. The Bertz CT molecular complexity index is 748. The van der Waals surface area contributed by atoms with Gasteiger partial charge in [0.1, 0.15) is 5.75 Å². The molecule has 0 spiro atoms. The Balaban J connectivity index is 2.23. The monoisotopic (exact) mass is 274 g/mol. The number of carbonyl (C=O) groups is 1. The molecule has 96 valence electrons. The number of aromatic hydroxyl groups is 1. The third-order valence-electron chi connectivity index (χ3n) is 3.09. The molecule has 0 radical (unpaired) electrons. The SMILES string of the molecule is O=C(O)C1C=Cc2cc3ccc(O)cc3cc2S1=O. The van der Waals surface area contributed by atoms with Crippen molar-refractivity contribution in [1.82, 2.24) is 0 Å². The molecular formula is C14H10O4S. The van der Waals surface area contributed by atoms with Gasteiger partial charge in [-0.25, -0.2) is 0 Å². The van der Waals surface area contributed by atoms with Crippen molar-refractivity contribution in [2.24, 2.45) is 0 Å². The average Bonchev–Trinajstić information content (AvgIpc) is 2.37. The predicted octanol–water partition coefficient (Wildman–Crippen LogP) is 2.13. The summed E-state index contributed by atoms with van der Waals surface area (Å²) in [4.78, 5) is 11.5. The third-order valence-corrected chi connectivity index (χ3v) is 4.70. The second kappa shape index (κ2) is 4.20. The zero-order valence-electron chi connectivity index (χ0n) is 9.74. The Labute approximate surface area is 111 Å². The van der Waals surface area contributed by atoms with E-state index in [-0.39, 0.29) is 5.75 Å². The molecule has 0 amide bonds. The van der Waals surface area contributed by atoms with Crippen LogP contribution in [-0.2, 0) is 15.6 Å². The lowest BCUT2D eigenvalue weighted by atomic mass is 10.1. The van der Waals surface area contributed by atoms with Crippen LogP contribution in [0.15, 0.2) is 41.3 Å². The smallest absolute Gasteiger partial charge is 0.323 e. The van der Waals surface area contributed by atoms with Gasteiger partial charge in [-0.2, -0.15) is 0 Å². The molecule has 5 heteroatoms. The summed E-state index contributed by atoms with van der Waals surface area (Å²) in [6.07, 6.45) is 3.13. The fourth-order valence-electron chi connectivity index (χ4n) is 2.16. The topological polar surface area (TPSA) is 74.6 Å². The summed E-state index contributed by atoms with van der Waals surface area (Å²) >= 11 is 0. The maximum atomic E-state index is 12.2. The molecule has 3 rings (SSSR count). The van der Waals surface area contributed by atoms with Gasteiger partial charge in [-0.1, -0.05) is 18.2 Å². The van der Waals surface area contributed by atoms with Crippen molar-refractivity contribution < 1.29 is 19.2 Å². The Kier molecular flexibility index (Phi) is 2.64. The second-order valence-electron chi connectivity index (χ2n) is 4.34. The molecule has 19 heavy (non-hydrogen) atoms. The van der Waals surface area contributed by atoms with E-state index < -0.39 is 22.0 Å². The molecule has 0 aliphatic carbocycles. The van der Waals surface area contributed by atoms with Gasteiger partial charge in [0.05, 0.1) is 10.8 Å². The molecule has 1 heterocycles. The normalized spacial score (nSPS) is 21.3. The highest BCUT2D eigenvalue weighted by Gasteiger charge is 2.28. The largest absolute Gasteiger partial charge is 0.508 e. The molecule has 2 aromatic carbocycles. The van der Waals surface area contributed by atoms with Crippen molar-refractivity contribution in [3.63, 3.8) is 0 Å². The van der Waals surface area contributed by atoms with Crippen molar-refractivity contribution in [3.05, 3.63) is 42.0 Å².